The molecule has 0 bridgehead atoms. The van der Waals surface area contributed by atoms with Crippen LogP contribution in [0.25, 0.3) is 0 Å². The van der Waals surface area contributed by atoms with Crippen molar-refractivity contribution in [3.63, 3.8) is 0 Å². The SMILES string of the molecule is O=[N+]([O-])c1cc(Br)ccc1COc1ccc(O)cc1. The molecule has 0 unspecified atom stereocenters. The molecule has 2 rings (SSSR count). The van der Waals surface area contributed by atoms with Crippen LogP contribution in [0.1, 0.15) is 5.56 Å². The third-order valence-electron chi connectivity index (χ3n) is 2.48. The molecule has 6 heteroatoms. The minimum absolute atomic E-state index is 0.00755. The van der Waals surface area contributed by atoms with Gasteiger partial charge < -0.3 is 9.84 Å². The van der Waals surface area contributed by atoms with Crippen LogP contribution < -0.4 is 4.74 Å². The lowest BCUT2D eigenvalue weighted by Crippen LogP contribution is -2.00. The molecule has 0 aliphatic rings. The Bertz CT molecular complexity index is 598. The van der Waals surface area contributed by atoms with E-state index in [2.05, 4.69) is 15.9 Å². The monoisotopic (exact) mass is 323 g/mol. The smallest absolute Gasteiger partial charge is 0.277 e. The second kappa shape index (κ2) is 5.71. The summed E-state index contributed by atoms with van der Waals surface area (Å²) in [6.45, 7) is 0.0916. The Morgan fingerprint density at radius 3 is 2.53 bits per heavy atom. The summed E-state index contributed by atoms with van der Waals surface area (Å²) in [5.74, 6) is 0.678. The van der Waals surface area contributed by atoms with E-state index in [9.17, 15) is 10.1 Å². The van der Waals surface area contributed by atoms with Gasteiger partial charge in [-0.2, -0.15) is 0 Å². The minimum Gasteiger partial charge on any atom is -0.508 e. The number of ether oxygens (including phenoxy) is 1. The molecule has 2 aromatic rings. The molecule has 5 nitrogen and oxygen atoms in total. The predicted octanol–water partition coefficient (Wildman–Crippen LogP) is 3.64. The lowest BCUT2D eigenvalue weighted by molar-refractivity contribution is -0.385. The van der Waals surface area contributed by atoms with Gasteiger partial charge in [0.1, 0.15) is 18.1 Å². The molecule has 0 amide bonds. The maximum absolute atomic E-state index is 10.9. The molecule has 0 aliphatic carbocycles. The quantitative estimate of drug-likeness (QED) is 0.688. The van der Waals surface area contributed by atoms with Crippen LogP contribution in [0.4, 0.5) is 5.69 Å². The summed E-state index contributed by atoms with van der Waals surface area (Å²) in [4.78, 5) is 10.5. The van der Waals surface area contributed by atoms with E-state index in [0.717, 1.165) is 0 Å². The summed E-state index contributed by atoms with van der Waals surface area (Å²) in [5, 5.41) is 20.1. The number of nitro groups is 1. The van der Waals surface area contributed by atoms with Gasteiger partial charge in [0.25, 0.3) is 5.69 Å². The van der Waals surface area contributed by atoms with Gasteiger partial charge in [0.05, 0.1) is 10.5 Å². The highest BCUT2D eigenvalue weighted by Gasteiger charge is 2.14. The molecule has 0 spiro atoms. The molecule has 0 heterocycles. The Morgan fingerprint density at radius 2 is 1.89 bits per heavy atom. The Labute approximate surface area is 117 Å². The highest BCUT2D eigenvalue weighted by molar-refractivity contribution is 9.10. The predicted molar refractivity (Wildman–Crippen MR) is 73.2 cm³/mol. The fraction of sp³-hybridized carbons (Fsp3) is 0.0769. The number of nitro benzene ring substituents is 1. The third-order valence-corrected chi connectivity index (χ3v) is 2.97. The Balaban J connectivity index is 2.15. The summed E-state index contributed by atoms with van der Waals surface area (Å²) in [5.41, 5.74) is 0.495. The zero-order chi connectivity index (χ0) is 13.8. The maximum Gasteiger partial charge on any atom is 0.277 e. The van der Waals surface area contributed by atoms with Crippen molar-refractivity contribution in [1.29, 1.82) is 0 Å². The molecule has 0 saturated carbocycles. The molecule has 0 atom stereocenters. The summed E-state index contributed by atoms with van der Waals surface area (Å²) >= 11 is 3.20. The molecule has 0 saturated heterocycles. The molecular weight excluding hydrogens is 314 g/mol. The van der Waals surface area contributed by atoms with Crippen LogP contribution in [-0.2, 0) is 6.61 Å². The molecule has 0 radical (unpaired) electrons. The molecular formula is C13H10BrNO4. The Morgan fingerprint density at radius 1 is 1.21 bits per heavy atom. The fourth-order valence-electron chi connectivity index (χ4n) is 1.53. The van der Waals surface area contributed by atoms with Crippen molar-refractivity contribution >= 4 is 21.6 Å². The van der Waals surface area contributed by atoms with Gasteiger partial charge in [0.2, 0.25) is 0 Å². The summed E-state index contributed by atoms with van der Waals surface area (Å²) in [6, 6.07) is 11.0. The number of hydrogen-bond donors (Lipinski definition) is 1. The number of hydrogen-bond acceptors (Lipinski definition) is 4. The third kappa shape index (κ3) is 3.45. The standard InChI is InChI=1S/C13H10BrNO4/c14-10-2-1-9(13(7-10)15(17)18)8-19-12-5-3-11(16)4-6-12/h1-7,16H,8H2. The molecule has 1 N–H and O–H groups in total. The van der Waals surface area contributed by atoms with Crippen molar-refractivity contribution in [2.75, 3.05) is 0 Å². The average Bonchev–Trinajstić information content (AvgIpc) is 2.39. The largest absolute Gasteiger partial charge is 0.508 e. The number of rotatable bonds is 4. The fourth-order valence-corrected chi connectivity index (χ4v) is 1.88. The van der Waals surface area contributed by atoms with E-state index in [4.69, 9.17) is 9.84 Å². The highest BCUT2D eigenvalue weighted by Crippen LogP contribution is 2.25. The average molecular weight is 324 g/mol. The first-order chi connectivity index (χ1) is 9.06. The normalized spacial score (nSPS) is 10.2. The molecule has 0 aromatic heterocycles. The van der Waals surface area contributed by atoms with Crippen LogP contribution in [0.15, 0.2) is 46.9 Å². The highest BCUT2D eigenvalue weighted by atomic mass is 79.9. The summed E-state index contributed by atoms with van der Waals surface area (Å²) < 4.78 is 6.09. The van der Waals surface area contributed by atoms with Crippen molar-refractivity contribution in [2.24, 2.45) is 0 Å². The van der Waals surface area contributed by atoms with Crippen molar-refractivity contribution in [1.82, 2.24) is 0 Å². The van der Waals surface area contributed by atoms with Crippen LogP contribution in [0.3, 0.4) is 0 Å². The number of phenols is 1. The Kier molecular flexibility index (Phi) is 4.01. The maximum atomic E-state index is 10.9. The second-order valence-corrected chi connectivity index (χ2v) is 4.73. The van der Waals surface area contributed by atoms with E-state index in [0.29, 0.717) is 15.8 Å². The van der Waals surface area contributed by atoms with Crippen molar-refractivity contribution in [2.45, 2.75) is 6.61 Å². The van der Waals surface area contributed by atoms with Gasteiger partial charge in [-0.1, -0.05) is 15.9 Å². The van der Waals surface area contributed by atoms with Crippen LogP contribution in [-0.4, -0.2) is 10.0 Å². The molecule has 0 fully saturated rings. The van der Waals surface area contributed by atoms with E-state index in [1.54, 1.807) is 24.3 Å². The van der Waals surface area contributed by atoms with Gasteiger partial charge in [0.15, 0.2) is 0 Å². The topological polar surface area (TPSA) is 72.6 Å². The lowest BCUT2D eigenvalue weighted by Gasteiger charge is -2.07. The van der Waals surface area contributed by atoms with Crippen LogP contribution in [0, 0.1) is 10.1 Å². The zero-order valence-electron chi connectivity index (χ0n) is 9.75. The van der Waals surface area contributed by atoms with E-state index < -0.39 is 4.92 Å². The van der Waals surface area contributed by atoms with E-state index >= 15 is 0 Å². The van der Waals surface area contributed by atoms with E-state index in [-0.39, 0.29) is 18.0 Å². The molecule has 98 valence electrons. The first-order valence-electron chi connectivity index (χ1n) is 5.41. The van der Waals surface area contributed by atoms with Crippen LogP contribution in [0.5, 0.6) is 11.5 Å². The van der Waals surface area contributed by atoms with Crippen molar-refractivity contribution in [3.05, 3.63) is 62.6 Å². The van der Waals surface area contributed by atoms with Gasteiger partial charge in [-0.05, 0) is 36.4 Å². The number of phenolic OH excluding ortho intramolecular Hbond substituents is 1. The van der Waals surface area contributed by atoms with E-state index in [1.165, 1.54) is 18.2 Å². The number of aromatic hydroxyl groups is 1. The lowest BCUT2D eigenvalue weighted by atomic mass is 10.2. The number of nitrogens with zero attached hydrogens (tertiary/aromatic N) is 1. The first kappa shape index (κ1) is 13.4. The first-order valence-corrected chi connectivity index (χ1v) is 6.20. The van der Waals surface area contributed by atoms with E-state index in [1.807, 2.05) is 0 Å². The number of halogens is 1. The molecule has 2 aromatic carbocycles. The molecule has 19 heavy (non-hydrogen) atoms. The summed E-state index contributed by atoms with van der Waals surface area (Å²) in [7, 11) is 0. The second-order valence-electron chi connectivity index (χ2n) is 3.81. The van der Waals surface area contributed by atoms with Crippen molar-refractivity contribution < 1.29 is 14.8 Å². The van der Waals surface area contributed by atoms with Crippen LogP contribution in [0.2, 0.25) is 0 Å². The van der Waals surface area contributed by atoms with Crippen molar-refractivity contribution in [3.8, 4) is 11.5 Å². The van der Waals surface area contributed by atoms with Crippen LogP contribution >= 0.6 is 15.9 Å². The summed E-state index contributed by atoms with van der Waals surface area (Å²) in [6.07, 6.45) is 0. The Hall–Kier alpha value is -2.08. The van der Waals surface area contributed by atoms with Gasteiger partial charge in [-0.15, -0.1) is 0 Å². The zero-order valence-corrected chi connectivity index (χ0v) is 11.3. The van der Waals surface area contributed by atoms with Gasteiger partial charge >= 0.3 is 0 Å². The van der Waals surface area contributed by atoms with Gasteiger partial charge in [-0.3, -0.25) is 10.1 Å². The molecule has 0 aliphatic heterocycles. The van der Waals surface area contributed by atoms with Gasteiger partial charge in [0, 0.05) is 10.5 Å². The van der Waals surface area contributed by atoms with Gasteiger partial charge in [-0.25, -0.2) is 0 Å². The minimum atomic E-state index is -0.444. The number of benzene rings is 2.